The van der Waals surface area contributed by atoms with E-state index < -0.39 is 0 Å². The lowest BCUT2D eigenvalue weighted by molar-refractivity contribution is 0.274. The Hall–Kier alpha value is -2.38. The van der Waals surface area contributed by atoms with E-state index in [2.05, 4.69) is 63.8 Å². The van der Waals surface area contributed by atoms with Crippen molar-refractivity contribution in [3.05, 3.63) is 53.9 Å². The first-order valence-corrected chi connectivity index (χ1v) is 11.2. The third-order valence-corrected chi connectivity index (χ3v) is 5.52. The Morgan fingerprint density at radius 3 is 2.73 bits per heavy atom. The van der Waals surface area contributed by atoms with Crippen molar-refractivity contribution in [2.75, 3.05) is 52.9 Å². The van der Waals surface area contributed by atoms with Gasteiger partial charge < -0.3 is 20.4 Å². The molecule has 0 bridgehead atoms. The number of hydrogen-bond donors (Lipinski definition) is 2. The summed E-state index contributed by atoms with van der Waals surface area (Å²) in [4.78, 5) is 9.84. The van der Waals surface area contributed by atoms with Crippen LogP contribution in [0, 0.1) is 0 Å². The van der Waals surface area contributed by atoms with Crippen LogP contribution in [0.3, 0.4) is 0 Å². The SMILES string of the molecule is CCNC(=NCc1ccccc1Cn1cccn1)NCCCN1CCCN(C)CC1. The van der Waals surface area contributed by atoms with Crippen molar-refractivity contribution >= 4 is 5.96 Å². The van der Waals surface area contributed by atoms with Gasteiger partial charge in [-0.25, -0.2) is 4.99 Å². The fourth-order valence-electron chi connectivity index (χ4n) is 3.77. The molecule has 1 aromatic carbocycles. The van der Waals surface area contributed by atoms with Gasteiger partial charge in [0, 0.05) is 38.6 Å². The van der Waals surface area contributed by atoms with Gasteiger partial charge in [0.1, 0.15) is 0 Å². The molecule has 1 fully saturated rings. The maximum atomic E-state index is 4.83. The van der Waals surface area contributed by atoms with E-state index in [9.17, 15) is 0 Å². The molecule has 7 nitrogen and oxygen atoms in total. The number of aliphatic imine (C=N–C) groups is 1. The van der Waals surface area contributed by atoms with E-state index in [0.29, 0.717) is 6.54 Å². The van der Waals surface area contributed by atoms with Crippen LogP contribution in [0.1, 0.15) is 30.9 Å². The number of nitrogens with zero attached hydrogens (tertiary/aromatic N) is 5. The Morgan fingerprint density at radius 1 is 1.07 bits per heavy atom. The zero-order chi connectivity index (χ0) is 21.0. The number of benzene rings is 1. The molecule has 1 saturated heterocycles. The van der Waals surface area contributed by atoms with Gasteiger partial charge in [0.2, 0.25) is 0 Å². The van der Waals surface area contributed by atoms with Gasteiger partial charge in [-0.2, -0.15) is 5.10 Å². The summed E-state index contributed by atoms with van der Waals surface area (Å²) in [6.07, 6.45) is 6.21. The van der Waals surface area contributed by atoms with Crippen molar-refractivity contribution in [1.82, 2.24) is 30.2 Å². The Morgan fingerprint density at radius 2 is 1.93 bits per heavy atom. The van der Waals surface area contributed by atoms with E-state index in [4.69, 9.17) is 4.99 Å². The summed E-state index contributed by atoms with van der Waals surface area (Å²) in [7, 11) is 2.22. The molecule has 1 aliphatic heterocycles. The number of likely N-dealkylation sites (N-methyl/N-ethyl adjacent to an activating group) is 1. The van der Waals surface area contributed by atoms with Crippen LogP contribution in [0.25, 0.3) is 0 Å². The van der Waals surface area contributed by atoms with E-state index in [0.717, 1.165) is 38.6 Å². The zero-order valence-corrected chi connectivity index (χ0v) is 18.6. The molecular weight excluding hydrogens is 374 g/mol. The maximum Gasteiger partial charge on any atom is 0.191 e. The summed E-state index contributed by atoms with van der Waals surface area (Å²) in [5, 5.41) is 11.2. The molecule has 0 amide bonds. The quantitative estimate of drug-likeness (QED) is 0.376. The number of guanidine groups is 1. The Labute approximate surface area is 181 Å². The van der Waals surface area contributed by atoms with Crippen molar-refractivity contribution in [3.8, 4) is 0 Å². The second-order valence-electron chi connectivity index (χ2n) is 7.95. The lowest BCUT2D eigenvalue weighted by atomic mass is 10.1. The van der Waals surface area contributed by atoms with Crippen LogP contribution in [-0.2, 0) is 13.1 Å². The van der Waals surface area contributed by atoms with Gasteiger partial charge >= 0.3 is 0 Å². The average molecular weight is 412 g/mol. The molecule has 7 heteroatoms. The van der Waals surface area contributed by atoms with E-state index in [1.165, 1.54) is 43.7 Å². The van der Waals surface area contributed by atoms with Crippen LogP contribution < -0.4 is 10.6 Å². The van der Waals surface area contributed by atoms with Gasteiger partial charge in [-0.15, -0.1) is 0 Å². The van der Waals surface area contributed by atoms with Crippen LogP contribution in [0.4, 0.5) is 0 Å². The zero-order valence-electron chi connectivity index (χ0n) is 18.6. The molecule has 2 N–H and O–H groups in total. The van der Waals surface area contributed by atoms with Crippen LogP contribution >= 0.6 is 0 Å². The van der Waals surface area contributed by atoms with Crippen molar-refractivity contribution < 1.29 is 0 Å². The van der Waals surface area contributed by atoms with Crippen molar-refractivity contribution in [2.24, 2.45) is 4.99 Å². The summed E-state index contributed by atoms with van der Waals surface area (Å²) in [5.41, 5.74) is 2.49. The second-order valence-corrected chi connectivity index (χ2v) is 7.95. The predicted molar refractivity (Wildman–Crippen MR) is 124 cm³/mol. The topological polar surface area (TPSA) is 60.7 Å². The molecule has 0 spiro atoms. The minimum Gasteiger partial charge on any atom is -0.357 e. The van der Waals surface area contributed by atoms with E-state index >= 15 is 0 Å². The van der Waals surface area contributed by atoms with E-state index in [1.54, 1.807) is 0 Å². The monoisotopic (exact) mass is 411 g/mol. The molecule has 0 aliphatic carbocycles. The van der Waals surface area contributed by atoms with Crippen LogP contribution in [0.2, 0.25) is 0 Å². The molecule has 1 aliphatic rings. The highest BCUT2D eigenvalue weighted by Gasteiger charge is 2.11. The molecule has 1 aromatic heterocycles. The summed E-state index contributed by atoms with van der Waals surface area (Å²) in [6, 6.07) is 10.4. The van der Waals surface area contributed by atoms with Gasteiger partial charge in [-0.1, -0.05) is 24.3 Å². The maximum absolute atomic E-state index is 4.83. The highest BCUT2D eigenvalue weighted by molar-refractivity contribution is 5.79. The predicted octanol–water partition coefficient (Wildman–Crippen LogP) is 2.01. The molecular formula is C23H37N7. The smallest absolute Gasteiger partial charge is 0.191 e. The van der Waals surface area contributed by atoms with E-state index in [1.807, 2.05) is 23.1 Å². The molecule has 2 heterocycles. The molecule has 0 radical (unpaired) electrons. The normalized spacial score (nSPS) is 16.4. The minimum absolute atomic E-state index is 0.658. The van der Waals surface area contributed by atoms with Crippen LogP contribution in [0.15, 0.2) is 47.7 Å². The van der Waals surface area contributed by atoms with E-state index in [-0.39, 0.29) is 0 Å². The summed E-state index contributed by atoms with van der Waals surface area (Å²) in [5.74, 6) is 0.891. The Bertz CT molecular complexity index is 757. The fraction of sp³-hybridized carbons (Fsp3) is 0.565. The largest absolute Gasteiger partial charge is 0.357 e. The lowest BCUT2D eigenvalue weighted by Crippen LogP contribution is -2.39. The average Bonchev–Trinajstić information content (AvgIpc) is 3.17. The van der Waals surface area contributed by atoms with Crippen molar-refractivity contribution in [3.63, 3.8) is 0 Å². The van der Waals surface area contributed by atoms with Crippen molar-refractivity contribution in [2.45, 2.75) is 32.9 Å². The number of hydrogen-bond acceptors (Lipinski definition) is 4. The molecule has 164 valence electrons. The highest BCUT2D eigenvalue weighted by Crippen LogP contribution is 2.11. The Balaban J connectivity index is 1.48. The van der Waals surface area contributed by atoms with Gasteiger partial charge in [0.05, 0.1) is 13.1 Å². The van der Waals surface area contributed by atoms with Crippen LogP contribution in [-0.4, -0.2) is 78.4 Å². The first-order valence-electron chi connectivity index (χ1n) is 11.2. The van der Waals surface area contributed by atoms with Crippen LogP contribution in [0.5, 0.6) is 0 Å². The molecule has 0 atom stereocenters. The molecule has 30 heavy (non-hydrogen) atoms. The molecule has 3 rings (SSSR count). The molecule has 0 saturated carbocycles. The molecule has 0 unspecified atom stereocenters. The third-order valence-electron chi connectivity index (χ3n) is 5.52. The van der Waals surface area contributed by atoms with Gasteiger partial charge in [0.25, 0.3) is 0 Å². The standard InChI is InChI=1S/C23H37N7/c1-3-24-23(25-11-6-14-29-15-8-13-28(2)17-18-29)26-19-21-9-4-5-10-22(21)20-30-16-7-12-27-30/h4-5,7,9-10,12,16H,3,6,8,11,13-15,17-20H2,1-2H3,(H2,24,25,26). The minimum atomic E-state index is 0.658. The number of aromatic nitrogens is 2. The first-order chi connectivity index (χ1) is 14.7. The third kappa shape index (κ3) is 7.46. The number of rotatable bonds is 9. The summed E-state index contributed by atoms with van der Waals surface area (Å²) in [6.45, 7) is 11.3. The van der Waals surface area contributed by atoms with Gasteiger partial charge in [-0.3, -0.25) is 4.68 Å². The fourth-order valence-corrected chi connectivity index (χ4v) is 3.77. The summed E-state index contributed by atoms with van der Waals surface area (Å²) < 4.78 is 1.95. The highest BCUT2D eigenvalue weighted by atomic mass is 15.3. The lowest BCUT2D eigenvalue weighted by Gasteiger charge is -2.20. The molecule has 2 aromatic rings. The van der Waals surface area contributed by atoms with Crippen molar-refractivity contribution in [1.29, 1.82) is 0 Å². The number of nitrogens with one attached hydrogen (secondary N) is 2. The Kier molecular flexibility index (Phi) is 9.18. The second kappa shape index (κ2) is 12.3. The van der Waals surface area contributed by atoms with Gasteiger partial charge in [-0.05, 0) is 63.6 Å². The first kappa shape index (κ1) is 22.3. The van der Waals surface area contributed by atoms with Gasteiger partial charge in [0.15, 0.2) is 5.96 Å². The summed E-state index contributed by atoms with van der Waals surface area (Å²) >= 11 is 0.